The van der Waals surface area contributed by atoms with E-state index in [0.717, 1.165) is 0 Å². The number of anilines is 2. The van der Waals surface area contributed by atoms with Crippen LogP contribution in [-0.4, -0.2) is 14.1 Å². The number of halogens is 1. The lowest BCUT2D eigenvalue weighted by molar-refractivity contribution is 0.629. The molecule has 0 amide bonds. The summed E-state index contributed by atoms with van der Waals surface area (Å²) in [5, 5.41) is 8.19. The van der Waals surface area contributed by atoms with Crippen LogP contribution in [0.5, 0.6) is 0 Å². The van der Waals surface area contributed by atoms with E-state index in [1.165, 1.54) is 12.1 Å². The largest absolute Gasteiger partial charge is 0.386 e. The summed E-state index contributed by atoms with van der Waals surface area (Å²) in [4.78, 5) is 10.4. The molecular formula is C8H10FN3O. The van der Waals surface area contributed by atoms with Crippen LogP contribution in [-0.2, 0) is 0 Å². The monoisotopic (exact) mass is 183 g/mol. The first-order chi connectivity index (χ1) is 6.22. The summed E-state index contributed by atoms with van der Waals surface area (Å²) < 4.78 is 12.9. The van der Waals surface area contributed by atoms with E-state index in [2.05, 4.69) is 15.8 Å². The summed E-state index contributed by atoms with van der Waals surface area (Å²) in [6, 6.07) is 2.44. The molecule has 0 aromatic heterocycles. The summed E-state index contributed by atoms with van der Waals surface area (Å²) in [7, 11) is 3.20. The predicted octanol–water partition coefficient (Wildman–Crippen LogP) is 2.31. The van der Waals surface area contributed by atoms with E-state index in [1.807, 2.05) is 0 Å². The zero-order valence-corrected chi connectivity index (χ0v) is 7.39. The summed E-state index contributed by atoms with van der Waals surface area (Å²) in [5.41, 5.74) is 0.935. The molecule has 0 aliphatic heterocycles. The molecule has 1 aromatic rings. The van der Waals surface area contributed by atoms with Crippen LogP contribution in [0.3, 0.4) is 0 Å². The number of nitroso groups, excluding NO2 is 1. The molecule has 13 heavy (non-hydrogen) atoms. The van der Waals surface area contributed by atoms with E-state index in [0.29, 0.717) is 11.4 Å². The molecule has 0 fully saturated rings. The maximum atomic E-state index is 12.9. The van der Waals surface area contributed by atoms with Gasteiger partial charge >= 0.3 is 0 Å². The fraction of sp³-hybridized carbons (Fsp3) is 0.250. The van der Waals surface area contributed by atoms with Crippen molar-refractivity contribution in [2.24, 2.45) is 5.18 Å². The highest BCUT2D eigenvalue weighted by atomic mass is 19.1. The summed E-state index contributed by atoms with van der Waals surface area (Å²) in [6.07, 6.45) is 0. The van der Waals surface area contributed by atoms with Gasteiger partial charge in [-0.15, -0.1) is 4.91 Å². The first kappa shape index (κ1) is 9.44. The topological polar surface area (TPSA) is 53.5 Å². The van der Waals surface area contributed by atoms with Crippen LogP contribution in [0.25, 0.3) is 0 Å². The lowest BCUT2D eigenvalue weighted by Crippen LogP contribution is -1.95. The van der Waals surface area contributed by atoms with Crippen LogP contribution in [0.4, 0.5) is 21.5 Å². The van der Waals surface area contributed by atoms with Crippen molar-refractivity contribution in [1.29, 1.82) is 0 Å². The van der Waals surface area contributed by atoms with Crippen LogP contribution in [0.15, 0.2) is 17.3 Å². The molecule has 0 atom stereocenters. The molecular weight excluding hydrogens is 173 g/mol. The van der Waals surface area contributed by atoms with Gasteiger partial charge in [0.15, 0.2) is 5.69 Å². The fourth-order valence-electron chi connectivity index (χ4n) is 1.08. The number of benzene rings is 1. The molecule has 0 saturated heterocycles. The predicted molar refractivity (Wildman–Crippen MR) is 50.9 cm³/mol. The molecule has 0 aliphatic rings. The Bertz CT molecular complexity index is 302. The van der Waals surface area contributed by atoms with E-state index < -0.39 is 5.82 Å². The second-order valence-corrected chi connectivity index (χ2v) is 2.44. The first-order valence-electron chi connectivity index (χ1n) is 3.75. The maximum Gasteiger partial charge on any atom is 0.154 e. The quantitative estimate of drug-likeness (QED) is 0.707. The van der Waals surface area contributed by atoms with E-state index in [1.54, 1.807) is 14.1 Å². The van der Waals surface area contributed by atoms with Gasteiger partial charge in [0.2, 0.25) is 0 Å². The molecule has 1 rings (SSSR count). The third kappa shape index (κ3) is 1.74. The second kappa shape index (κ2) is 3.84. The highest BCUT2D eigenvalue weighted by molar-refractivity contribution is 5.79. The number of nitrogens with one attached hydrogen (secondary N) is 2. The standard InChI is InChI=1S/C8H10FN3O/c1-10-6-3-5(9)4-7(11-2)8(6)12-13/h3-4,10-11H,1-2H3. The van der Waals surface area contributed by atoms with Gasteiger partial charge in [-0.3, -0.25) is 0 Å². The third-order valence-corrected chi connectivity index (χ3v) is 1.70. The lowest BCUT2D eigenvalue weighted by atomic mass is 10.2. The Morgan fingerprint density at radius 2 is 1.69 bits per heavy atom. The summed E-state index contributed by atoms with van der Waals surface area (Å²) in [6.45, 7) is 0. The van der Waals surface area contributed by atoms with Gasteiger partial charge in [-0.2, -0.15) is 0 Å². The molecule has 0 heterocycles. The SMILES string of the molecule is CNc1cc(F)cc(NC)c1N=O. The Morgan fingerprint density at radius 1 is 1.23 bits per heavy atom. The van der Waals surface area contributed by atoms with Crippen LogP contribution >= 0.6 is 0 Å². The van der Waals surface area contributed by atoms with Crippen molar-refractivity contribution in [2.75, 3.05) is 24.7 Å². The van der Waals surface area contributed by atoms with E-state index in [9.17, 15) is 9.30 Å². The van der Waals surface area contributed by atoms with Gasteiger partial charge in [-0.25, -0.2) is 4.39 Å². The molecule has 0 bridgehead atoms. The van der Waals surface area contributed by atoms with E-state index in [4.69, 9.17) is 0 Å². The van der Waals surface area contributed by atoms with Gasteiger partial charge in [-0.05, 0) is 17.3 Å². The normalized spacial score (nSPS) is 9.46. The Labute approximate surface area is 75.1 Å². The Hall–Kier alpha value is -1.65. The van der Waals surface area contributed by atoms with Crippen molar-refractivity contribution in [3.63, 3.8) is 0 Å². The smallest absolute Gasteiger partial charge is 0.154 e. The van der Waals surface area contributed by atoms with Gasteiger partial charge in [0.05, 0.1) is 11.4 Å². The van der Waals surface area contributed by atoms with E-state index in [-0.39, 0.29) is 5.69 Å². The number of nitrogens with zero attached hydrogens (tertiary/aromatic N) is 1. The van der Waals surface area contributed by atoms with Crippen LogP contribution in [0, 0.1) is 10.7 Å². The summed E-state index contributed by atoms with van der Waals surface area (Å²) in [5.74, 6) is -0.416. The highest BCUT2D eigenvalue weighted by Gasteiger charge is 2.09. The van der Waals surface area contributed by atoms with Crippen molar-refractivity contribution in [2.45, 2.75) is 0 Å². The minimum atomic E-state index is -0.416. The van der Waals surface area contributed by atoms with Gasteiger partial charge < -0.3 is 10.6 Å². The van der Waals surface area contributed by atoms with Gasteiger partial charge in [0.1, 0.15) is 5.82 Å². The van der Waals surface area contributed by atoms with Crippen LogP contribution < -0.4 is 10.6 Å². The Morgan fingerprint density at radius 3 is 2.00 bits per heavy atom. The Kier molecular flexibility index (Phi) is 2.79. The summed E-state index contributed by atoms with van der Waals surface area (Å²) >= 11 is 0. The average molecular weight is 183 g/mol. The minimum absolute atomic E-state index is 0.186. The van der Waals surface area contributed by atoms with Crippen LogP contribution in [0.1, 0.15) is 0 Å². The molecule has 0 radical (unpaired) electrons. The van der Waals surface area contributed by atoms with Gasteiger partial charge in [-0.1, -0.05) is 0 Å². The zero-order valence-electron chi connectivity index (χ0n) is 7.39. The minimum Gasteiger partial charge on any atom is -0.386 e. The van der Waals surface area contributed by atoms with Gasteiger partial charge in [0, 0.05) is 14.1 Å². The van der Waals surface area contributed by atoms with Crippen molar-refractivity contribution in [1.82, 2.24) is 0 Å². The Balaban J connectivity index is 3.33. The molecule has 2 N–H and O–H groups in total. The van der Waals surface area contributed by atoms with Crippen LogP contribution in [0.2, 0.25) is 0 Å². The van der Waals surface area contributed by atoms with Crippen molar-refractivity contribution >= 4 is 17.1 Å². The fourth-order valence-corrected chi connectivity index (χ4v) is 1.08. The first-order valence-corrected chi connectivity index (χ1v) is 3.75. The molecule has 0 spiro atoms. The molecule has 0 saturated carbocycles. The molecule has 1 aromatic carbocycles. The maximum absolute atomic E-state index is 12.9. The molecule has 70 valence electrons. The number of rotatable bonds is 3. The molecule has 0 unspecified atom stereocenters. The molecule has 0 aliphatic carbocycles. The van der Waals surface area contributed by atoms with Crippen molar-refractivity contribution in [3.05, 3.63) is 22.9 Å². The van der Waals surface area contributed by atoms with Crippen molar-refractivity contribution < 1.29 is 4.39 Å². The van der Waals surface area contributed by atoms with Gasteiger partial charge in [0.25, 0.3) is 0 Å². The zero-order chi connectivity index (χ0) is 9.84. The third-order valence-electron chi connectivity index (χ3n) is 1.70. The number of hydrogen-bond acceptors (Lipinski definition) is 4. The highest BCUT2D eigenvalue weighted by Crippen LogP contribution is 2.33. The average Bonchev–Trinajstić information content (AvgIpc) is 2.16. The second-order valence-electron chi connectivity index (χ2n) is 2.44. The molecule has 5 heteroatoms. The van der Waals surface area contributed by atoms with E-state index >= 15 is 0 Å². The lowest BCUT2D eigenvalue weighted by Gasteiger charge is -2.08. The molecule has 4 nitrogen and oxygen atoms in total. The number of hydrogen-bond donors (Lipinski definition) is 2. The van der Waals surface area contributed by atoms with Crippen molar-refractivity contribution in [3.8, 4) is 0 Å².